The number of carbonyl (C=O) groups is 1. The molecule has 2 aromatic rings. The van der Waals surface area contributed by atoms with Gasteiger partial charge in [0.1, 0.15) is 23.1 Å². The number of amides is 1. The topological polar surface area (TPSA) is 54.5 Å². The summed E-state index contributed by atoms with van der Waals surface area (Å²) < 4.78 is 5.66. The van der Waals surface area contributed by atoms with Crippen LogP contribution >= 0.6 is 22.9 Å². The zero-order chi connectivity index (χ0) is 19.1. The summed E-state index contributed by atoms with van der Waals surface area (Å²) in [4.78, 5) is 18.9. The predicted molar refractivity (Wildman–Crippen MR) is 107 cm³/mol. The minimum atomic E-state index is -0.147. The SMILES string of the molecule is CC(C)N(CCNC(=O)c1csc(COc2ccc(Cl)cc2)n1)C(C)C. The first kappa shape index (κ1) is 20.7. The van der Waals surface area contributed by atoms with E-state index in [1.54, 1.807) is 29.6 Å². The van der Waals surface area contributed by atoms with E-state index in [4.69, 9.17) is 16.3 Å². The second-order valence-electron chi connectivity index (χ2n) is 6.55. The molecule has 26 heavy (non-hydrogen) atoms. The first-order valence-electron chi connectivity index (χ1n) is 8.73. The van der Waals surface area contributed by atoms with Gasteiger partial charge in [-0.2, -0.15) is 0 Å². The number of benzene rings is 1. The standard InChI is InChI=1S/C19H26ClN3O2S/c1-13(2)23(14(3)4)10-9-21-19(24)17-12-26-18(22-17)11-25-16-7-5-15(20)6-8-16/h5-8,12-14H,9-11H2,1-4H3,(H,21,24). The van der Waals surface area contributed by atoms with Crippen molar-refractivity contribution in [2.45, 2.75) is 46.4 Å². The molecule has 142 valence electrons. The van der Waals surface area contributed by atoms with Crippen LogP contribution in [0.4, 0.5) is 0 Å². The fourth-order valence-corrected chi connectivity index (χ4v) is 3.47. The number of nitrogens with one attached hydrogen (secondary N) is 1. The van der Waals surface area contributed by atoms with Gasteiger partial charge in [-0.1, -0.05) is 11.6 Å². The number of rotatable bonds is 9. The van der Waals surface area contributed by atoms with Crippen LogP contribution in [0.15, 0.2) is 29.6 Å². The zero-order valence-electron chi connectivity index (χ0n) is 15.7. The molecular formula is C19H26ClN3O2S. The maximum atomic E-state index is 12.2. The Balaban J connectivity index is 1.80. The Morgan fingerprint density at radius 1 is 1.23 bits per heavy atom. The van der Waals surface area contributed by atoms with Crippen molar-refractivity contribution < 1.29 is 9.53 Å². The Morgan fingerprint density at radius 3 is 2.50 bits per heavy atom. The monoisotopic (exact) mass is 395 g/mol. The minimum absolute atomic E-state index is 0.147. The van der Waals surface area contributed by atoms with E-state index in [1.807, 2.05) is 0 Å². The summed E-state index contributed by atoms with van der Waals surface area (Å²) in [5.41, 5.74) is 0.436. The van der Waals surface area contributed by atoms with Crippen LogP contribution in [0.25, 0.3) is 0 Å². The van der Waals surface area contributed by atoms with E-state index in [2.05, 4.69) is 42.9 Å². The fraction of sp³-hybridized carbons (Fsp3) is 0.474. The molecule has 0 saturated carbocycles. The van der Waals surface area contributed by atoms with Crippen LogP contribution in [0.1, 0.15) is 43.2 Å². The molecule has 0 saturated heterocycles. The highest BCUT2D eigenvalue weighted by Crippen LogP contribution is 2.18. The lowest BCUT2D eigenvalue weighted by Gasteiger charge is -2.30. The third-order valence-electron chi connectivity index (χ3n) is 3.94. The highest BCUT2D eigenvalue weighted by atomic mass is 35.5. The van der Waals surface area contributed by atoms with E-state index in [1.165, 1.54) is 11.3 Å². The summed E-state index contributed by atoms with van der Waals surface area (Å²) in [6.07, 6.45) is 0. The number of nitrogens with zero attached hydrogens (tertiary/aromatic N) is 2. The molecule has 2 rings (SSSR count). The van der Waals surface area contributed by atoms with Crippen LogP contribution < -0.4 is 10.1 Å². The van der Waals surface area contributed by atoms with Crippen molar-refractivity contribution in [2.75, 3.05) is 13.1 Å². The first-order chi connectivity index (χ1) is 12.4. The summed E-state index contributed by atoms with van der Waals surface area (Å²) in [5, 5.41) is 6.13. The lowest BCUT2D eigenvalue weighted by Crippen LogP contribution is -2.42. The molecule has 5 nitrogen and oxygen atoms in total. The van der Waals surface area contributed by atoms with E-state index in [-0.39, 0.29) is 5.91 Å². The zero-order valence-corrected chi connectivity index (χ0v) is 17.2. The fourth-order valence-electron chi connectivity index (χ4n) is 2.66. The lowest BCUT2D eigenvalue weighted by molar-refractivity contribution is 0.0935. The van der Waals surface area contributed by atoms with Gasteiger partial charge in [-0.15, -0.1) is 11.3 Å². The molecule has 1 aromatic heterocycles. The molecule has 0 bridgehead atoms. The molecule has 1 heterocycles. The Kier molecular flexibility index (Phi) is 7.87. The van der Waals surface area contributed by atoms with Gasteiger partial charge in [0, 0.05) is 35.6 Å². The van der Waals surface area contributed by atoms with Crippen molar-refractivity contribution in [1.29, 1.82) is 0 Å². The molecule has 0 radical (unpaired) electrons. The van der Waals surface area contributed by atoms with Gasteiger partial charge in [0.2, 0.25) is 0 Å². The van der Waals surface area contributed by atoms with Crippen molar-refractivity contribution in [2.24, 2.45) is 0 Å². The summed E-state index contributed by atoms with van der Waals surface area (Å²) in [6, 6.07) is 8.05. The molecule has 0 atom stereocenters. The van der Waals surface area contributed by atoms with Crippen molar-refractivity contribution in [3.05, 3.63) is 45.4 Å². The van der Waals surface area contributed by atoms with Gasteiger partial charge < -0.3 is 10.1 Å². The van der Waals surface area contributed by atoms with E-state index in [9.17, 15) is 4.79 Å². The summed E-state index contributed by atoms with van der Waals surface area (Å²) in [6.45, 7) is 10.4. The Hall–Kier alpha value is -1.63. The lowest BCUT2D eigenvalue weighted by atomic mass is 10.2. The van der Waals surface area contributed by atoms with Crippen molar-refractivity contribution >= 4 is 28.8 Å². The molecule has 0 fully saturated rings. The molecule has 7 heteroatoms. The van der Waals surface area contributed by atoms with Crippen LogP contribution in [0.2, 0.25) is 5.02 Å². The summed E-state index contributed by atoms with van der Waals surface area (Å²) >= 11 is 7.27. The first-order valence-corrected chi connectivity index (χ1v) is 9.99. The molecular weight excluding hydrogens is 370 g/mol. The maximum Gasteiger partial charge on any atom is 0.270 e. The molecule has 0 aliphatic carbocycles. The molecule has 0 aliphatic rings. The highest BCUT2D eigenvalue weighted by Gasteiger charge is 2.15. The van der Waals surface area contributed by atoms with Crippen molar-refractivity contribution in [3.63, 3.8) is 0 Å². The average molecular weight is 396 g/mol. The number of hydrogen-bond donors (Lipinski definition) is 1. The number of ether oxygens (including phenoxy) is 1. The number of hydrogen-bond acceptors (Lipinski definition) is 5. The van der Waals surface area contributed by atoms with Gasteiger partial charge in [0.05, 0.1) is 0 Å². The van der Waals surface area contributed by atoms with Crippen LogP contribution in [0, 0.1) is 0 Å². The molecule has 1 amide bonds. The highest BCUT2D eigenvalue weighted by molar-refractivity contribution is 7.09. The van der Waals surface area contributed by atoms with Gasteiger partial charge in [-0.05, 0) is 52.0 Å². The van der Waals surface area contributed by atoms with Gasteiger partial charge >= 0.3 is 0 Å². The number of aromatic nitrogens is 1. The second-order valence-corrected chi connectivity index (χ2v) is 7.93. The summed E-state index contributed by atoms with van der Waals surface area (Å²) in [5.74, 6) is 0.574. The van der Waals surface area contributed by atoms with Crippen LogP contribution in [0.5, 0.6) is 5.75 Å². The third-order valence-corrected chi connectivity index (χ3v) is 5.02. The van der Waals surface area contributed by atoms with Crippen LogP contribution in [-0.4, -0.2) is 41.0 Å². The van der Waals surface area contributed by atoms with Crippen LogP contribution in [0.3, 0.4) is 0 Å². The Labute approximate surface area is 164 Å². The van der Waals surface area contributed by atoms with Crippen molar-refractivity contribution in [3.8, 4) is 5.75 Å². The van der Waals surface area contributed by atoms with Gasteiger partial charge in [-0.25, -0.2) is 4.98 Å². The molecule has 1 N–H and O–H groups in total. The van der Waals surface area contributed by atoms with Gasteiger partial charge in [0.25, 0.3) is 5.91 Å². The largest absolute Gasteiger partial charge is 0.486 e. The maximum absolute atomic E-state index is 12.2. The average Bonchev–Trinajstić information content (AvgIpc) is 3.06. The van der Waals surface area contributed by atoms with E-state index < -0.39 is 0 Å². The summed E-state index contributed by atoms with van der Waals surface area (Å²) in [7, 11) is 0. The normalized spacial score (nSPS) is 11.4. The van der Waals surface area contributed by atoms with Gasteiger partial charge in [0.15, 0.2) is 0 Å². The van der Waals surface area contributed by atoms with Crippen molar-refractivity contribution in [1.82, 2.24) is 15.2 Å². The Morgan fingerprint density at radius 2 is 1.88 bits per heavy atom. The molecule has 0 unspecified atom stereocenters. The van der Waals surface area contributed by atoms with E-state index in [0.29, 0.717) is 36.0 Å². The predicted octanol–water partition coefficient (Wildman–Crippen LogP) is 4.22. The van der Waals surface area contributed by atoms with Crippen LogP contribution in [-0.2, 0) is 6.61 Å². The number of thiazole rings is 1. The molecule has 0 aliphatic heterocycles. The van der Waals surface area contributed by atoms with E-state index >= 15 is 0 Å². The van der Waals surface area contributed by atoms with E-state index in [0.717, 1.165) is 17.3 Å². The third kappa shape index (κ3) is 6.27. The smallest absolute Gasteiger partial charge is 0.270 e. The van der Waals surface area contributed by atoms with Gasteiger partial charge in [-0.3, -0.25) is 9.69 Å². The number of halogens is 1. The Bertz CT molecular complexity index is 693. The molecule has 0 spiro atoms. The molecule has 1 aromatic carbocycles. The minimum Gasteiger partial charge on any atom is -0.486 e. The quantitative estimate of drug-likeness (QED) is 0.690. The second kappa shape index (κ2) is 9.90. The number of carbonyl (C=O) groups excluding carboxylic acids is 1.